The summed E-state index contributed by atoms with van der Waals surface area (Å²) in [5.41, 5.74) is 0.874. The highest BCUT2D eigenvalue weighted by Gasteiger charge is 2.34. The summed E-state index contributed by atoms with van der Waals surface area (Å²) in [4.78, 5) is 48.7. The number of hydrogen-bond donors (Lipinski definition) is 1. The average Bonchev–Trinajstić information content (AvgIpc) is 3.06. The van der Waals surface area contributed by atoms with Crippen molar-refractivity contribution in [2.45, 2.75) is 0 Å². The Balaban J connectivity index is 1.34. The lowest BCUT2D eigenvalue weighted by molar-refractivity contribution is -0.384. The predicted octanol–water partition coefficient (Wildman–Crippen LogP) is 2.83. The second-order valence-corrected chi connectivity index (χ2v) is 7.79. The quantitative estimate of drug-likeness (QED) is 0.400. The summed E-state index contributed by atoms with van der Waals surface area (Å²) in [5.74, 6) is 0.221. The molecule has 0 aromatic heterocycles. The van der Waals surface area contributed by atoms with E-state index in [0.717, 1.165) is 16.7 Å². The maximum Gasteiger partial charge on any atom is 0.293 e. The van der Waals surface area contributed by atoms with Gasteiger partial charge in [-0.05, 0) is 53.7 Å². The monoisotopic (exact) mass is 455 g/mol. The summed E-state index contributed by atoms with van der Waals surface area (Å²) in [6.07, 6.45) is 1.50. The van der Waals surface area contributed by atoms with Crippen LogP contribution < -0.4 is 14.8 Å². The van der Waals surface area contributed by atoms with Crippen molar-refractivity contribution < 1.29 is 28.8 Å². The Hall–Kier alpha value is -3.86. The van der Waals surface area contributed by atoms with Gasteiger partial charge in [-0.3, -0.25) is 29.4 Å². The summed E-state index contributed by atoms with van der Waals surface area (Å²) >= 11 is 0.779. The van der Waals surface area contributed by atoms with Gasteiger partial charge in [-0.15, -0.1) is 0 Å². The van der Waals surface area contributed by atoms with Crippen molar-refractivity contribution >= 4 is 40.6 Å². The van der Waals surface area contributed by atoms with E-state index < -0.39 is 16.1 Å². The molecule has 2 aromatic carbocycles. The molecule has 2 aromatic rings. The van der Waals surface area contributed by atoms with Gasteiger partial charge < -0.3 is 14.8 Å². The molecule has 1 fully saturated rings. The van der Waals surface area contributed by atoms with Crippen LogP contribution in [-0.2, 0) is 4.79 Å². The number of hydrogen-bond acceptors (Lipinski definition) is 8. The number of fused-ring (bicyclic) bond motifs is 1. The third-order valence-electron chi connectivity index (χ3n) is 4.70. The molecule has 11 heteroatoms. The maximum atomic E-state index is 12.6. The first-order chi connectivity index (χ1) is 15.4. The molecular weight excluding hydrogens is 438 g/mol. The van der Waals surface area contributed by atoms with Gasteiger partial charge >= 0.3 is 0 Å². The number of benzene rings is 2. The lowest BCUT2D eigenvalue weighted by atomic mass is 10.2. The molecule has 4 rings (SSSR count). The van der Waals surface area contributed by atoms with Gasteiger partial charge in [0.05, 0.1) is 9.83 Å². The maximum absolute atomic E-state index is 12.6. The second-order valence-electron chi connectivity index (χ2n) is 6.80. The van der Waals surface area contributed by atoms with Gasteiger partial charge in [0.1, 0.15) is 13.2 Å². The molecule has 3 amide bonds. The molecule has 0 bridgehead atoms. The van der Waals surface area contributed by atoms with E-state index in [1.54, 1.807) is 18.2 Å². The number of amides is 3. The molecule has 32 heavy (non-hydrogen) atoms. The van der Waals surface area contributed by atoms with Crippen LogP contribution in [0.1, 0.15) is 15.9 Å². The van der Waals surface area contributed by atoms with Gasteiger partial charge in [0, 0.05) is 30.8 Å². The highest BCUT2D eigenvalue weighted by atomic mass is 32.2. The van der Waals surface area contributed by atoms with E-state index in [-0.39, 0.29) is 29.6 Å². The van der Waals surface area contributed by atoms with Crippen LogP contribution in [0.2, 0.25) is 0 Å². The molecule has 2 heterocycles. The van der Waals surface area contributed by atoms with Crippen molar-refractivity contribution in [1.29, 1.82) is 0 Å². The summed E-state index contributed by atoms with van der Waals surface area (Å²) in [5, 5.41) is 13.0. The number of thioether (sulfide) groups is 1. The molecule has 10 nitrogen and oxygen atoms in total. The summed E-state index contributed by atoms with van der Waals surface area (Å²) < 4.78 is 10.9. The van der Waals surface area contributed by atoms with Crippen molar-refractivity contribution in [1.82, 2.24) is 10.2 Å². The van der Waals surface area contributed by atoms with Crippen molar-refractivity contribution in [3.8, 4) is 11.5 Å². The number of ether oxygens (including phenoxy) is 2. The Labute approximate surface area is 186 Å². The minimum absolute atomic E-state index is 0.0125. The first-order valence-electron chi connectivity index (χ1n) is 9.60. The van der Waals surface area contributed by atoms with E-state index in [4.69, 9.17) is 9.47 Å². The Morgan fingerprint density at radius 3 is 2.56 bits per heavy atom. The van der Waals surface area contributed by atoms with Gasteiger partial charge in [-0.25, -0.2) is 0 Å². The molecule has 0 aliphatic carbocycles. The highest BCUT2D eigenvalue weighted by Crippen LogP contribution is 2.32. The molecule has 0 unspecified atom stereocenters. The normalized spacial score (nSPS) is 16.4. The molecule has 1 N–H and O–H groups in total. The number of carbonyl (C=O) groups is 3. The van der Waals surface area contributed by atoms with Crippen LogP contribution in [0.3, 0.4) is 0 Å². The third-order valence-corrected chi connectivity index (χ3v) is 5.61. The highest BCUT2D eigenvalue weighted by molar-refractivity contribution is 8.18. The average molecular weight is 455 g/mol. The molecule has 2 aliphatic heterocycles. The van der Waals surface area contributed by atoms with Gasteiger partial charge in [0.2, 0.25) is 0 Å². The number of nitrogens with one attached hydrogen (secondary N) is 1. The van der Waals surface area contributed by atoms with Gasteiger partial charge in [0.25, 0.3) is 22.7 Å². The Bertz CT molecular complexity index is 1130. The van der Waals surface area contributed by atoms with E-state index in [0.29, 0.717) is 35.8 Å². The topological polar surface area (TPSA) is 128 Å². The number of imide groups is 1. The zero-order chi connectivity index (χ0) is 22.7. The van der Waals surface area contributed by atoms with Crippen LogP contribution in [0.15, 0.2) is 47.4 Å². The molecule has 0 atom stereocenters. The number of nitro groups is 1. The minimum atomic E-state index is -0.517. The van der Waals surface area contributed by atoms with E-state index >= 15 is 0 Å². The lowest BCUT2D eigenvalue weighted by Crippen LogP contribution is -2.37. The predicted molar refractivity (Wildman–Crippen MR) is 116 cm³/mol. The van der Waals surface area contributed by atoms with E-state index in [9.17, 15) is 24.5 Å². The fourth-order valence-electron chi connectivity index (χ4n) is 3.10. The Morgan fingerprint density at radius 1 is 1.12 bits per heavy atom. The summed E-state index contributed by atoms with van der Waals surface area (Å²) in [6.45, 7) is 0.953. The first kappa shape index (κ1) is 21.4. The zero-order valence-corrected chi connectivity index (χ0v) is 17.4. The molecule has 164 valence electrons. The number of rotatable bonds is 6. The molecular formula is C21H17N3O7S. The minimum Gasteiger partial charge on any atom is -0.486 e. The lowest BCUT2D eigenvalue weighted by Gasteiger charge is -2.19. The number of carbonyl (C=O) groups excluding carboxylic acids is 3. The van der Waals surface area contributed by atoms with E-state index in [1.165, 1.54) is 30.3 Å². The molecule has 0 saturated carbocycles. The standard InChI is InChI=1S/C21H17N3O7S/c25-19(14-3-6-16-17(12-14)31-10-9-30-16)22-7-8-23-20(26)18(32-21(23)27)11-13-1-4-15(5-2-13)24(28)29/h1-6,11-12H,7-10H2,(H,22,25). The van der Waals surface area contributed by atoms with Crippen LogP contribution in [0.4, 0.5) is 10.5 Å². The number of non-ortho nitro benzene ring substituents is 1. The molecule has 1 saturated heterocycles. The number of nitrogens with zero attached hydrogens (tertiary/aromatic N) is 2. The SMILES string of the molecule is O=C(NCCN1C(=O)SC(=Cc2ccc([N+](=O)[O-])cc2)C1=O)c1ccc2c(c1)OCCO2. The van der Waals surface area contributed by atoms with E-state index in [2.05, 4.69) is 5.32 Å². The van der Waals surface area contributed by atoms with Crippen LogP contribution in [0.25, 0.3) is 6.08 Å². The van der Waals surface area contributed by atoms with Crippen molar-refractivity contribution in [3.63, 3.8) is 0 Å². The van der Waals surface area contributed by atoms with E-state index in [1.807, 2.05) is 0 Å². The van der Waals surface area contributed by atoms with Gasteiger partial charge in [-0.1, -0.05) is 0 Å². The Kier molecular flexibility index (Phi) is 6.08. The fraction of sp³-hybridized carbons (Fsp3) is 0.190. The van der Waals surface area contributed by atoms with Crippen molar-refractivity contribution in [3.05, 3.63) is 68.6 Å². The fourth-order valence-corrected chi connectivity index (χ4v) is 3.97. The van der Waals surface area contributed by atoms with Crippen molar-refractivity contribution in [2.24, 2.45) is 0 Å². The zero-order valence-electron chi connectivity index (χ0n) is 16.6. The summed E-state index contributed by atoms with van der Waals surface area (Å²) in [7, 11) is 0. The molecule has 0 radical (unpaired) electrons. The third kappa shape index (κ3) is 4.57. The van der Waals surface area contributed by atoms with Crippen LogP contribution in [0.5, 0.6) is 11.5 Å². The molecule has 2 aliphatic rings. The van der Waals surface area contributed by atoms with Crippen LogP contribution >= 0.6 is 11.8 Å². The van der Waals surface area contributed by atoms with Crippen LogP contribution in [0, 0.1) is 10.1 Å². The Morgan fingerprint density at radius 2 is 1.84 bits per heavy atom. The number of nitro benzene ring substituents is 1. The smallest absolute Gasteiger partial charge is 0.293 e. The van der Waals surface area contributed by atoms with Crippen molar-refractivity contribution in [2.75, 3.05) is 26.3 Å². The summed E-state index contributed by atoms with van der Waals surface area (Å²) in [6, 6.07) is 10.5. The van der Waals surface area contributed by atoms with Gasteiger partial charge in [-0.2, -0.15) is 0 Å². The largest absolute Gasteiger partial charge is 0.486 e. The van der Waals surface area contributed by atoms with Crippen LogP contribution in [-0.4, -0.2) is 53.2 Å². The molecule has 0 spiro atoms. The van der Waals surface area contributed by atoms with Gasteiger partial charge in [0.15, 0.2) is 11.5 Å². The first-order valence-corrected chi connectivity index (χ1v) is 10.4. The second kappa shape index (κ2) is 9.10.